The minimum Gasteiger partial charge on any atom is -0.481 e. The number of halogens is 3. The van der Waals surface area contributed by atoms with Crippen LogP contribution in [0.15, 0.2) is 36.5 Å². The third-order valence-electron chi connectivity index (χ3n) is 2.72. The quantitative estimate of drug-likeness (QED) is 0.937. The molecule has 0 spiro atoms. The summed E-state index contributed by atoms with van der Waals surface area (Å²) in [6.07, 6.45) is -3.76. The van der Waals surface area contributed by atoms with Crippen molar-refractivity contribution in [3.05, 3.63) is 42.1 Å². The van der Waals surface area contributed by atoms with Crippen molar-refractivity contribution in [1.29, 1.82) is 0 Å². The zero-order valence-electron chi connectivity index (χ0n) is 11.2. The topological polar surface area (TPSA) is 68.7 Å². The standard InChI is InChI=1S/C14H10F3NO4/c1-21-12-6-9(13(19)20)10(7-18-12)8-4-2-3-5-11(8)22-14(15,16)17/h2-7H,1H3,(H,19,20). The molecule has 1 aromatic heterocycles. The first-order chi connectivity index (χ1) is 10.3. The third kappa shape index (κ3) is 3.46. The predicted molar refractivity (Wildman–Crippen MR) is 69.9 cm³/mol. The molecule has 2 rings (SSSR count). The lowest BCUT2D eigenvalue weighted by atomic mass is 10.0. The van der Waals surface area contributed by atoms with Gasteiger partial charge in [-0.05, 0) is 6.07 Å². The van der Waals surface area contributed by atoms with E-state index in [4.69, 9.17) is 4.74 Å². The Labute approximate surface area is 122 Å². The summed E-state index contributed by atoms with van der Waals surface area (Å²) in [6.45, 7) is 0. The number of pyridine rings is 1. The van der Waals surface area contributed by atoms with Crippen LogP contribution in [-0.2, 0) is 0 Å². The maximum Gasteiger partial charge on any atom is 0.573 e. The molecule has 8 heteroatoms. The number of alkyl halides is 3. The number of aromatic nitrogens is 1. The number of aromatic carboxylic acids is 1. The summed E-state index contributed by atoms with van der Waals surface area (Å²) in [6, 6.07) is 6.36. The summed E-state index contributed by atoms with van der Waals surface area (Å²) in [5.41, 5.74) is -0.286. The molecule has 0 aliphatic carbocycles. The maximum absolute atomic E-state index is 12.4. The smallest absolute Gasteiger partial charge is 0.481 e. The van der Waals surface area contributed by atoms with Crippen LogP contribution >= 0.6 is 0 Å². The third-order valence-corrected chi connectivity index (χ3v) is 2.72. The molecule has 22 heavy (non-hydrogen) atoms. The molecule has 1 N–H and O–H groups in total. The fourth-order valence-corrected chi connectivity index (χ4v) is 1.84. The second-order valence-corrected chi connectivity index (χ2v) is 4.12. The van der Waals surface area contributed by atoms with E-state index in [1.54, 1.807) is 0 Å². The minimum atomic E-state index is -4.89. The van der Waals surface area contributed by atoms with E-state index < -0.39 is 18.1 Å². The molecule has 0 radical (unpaired) electrons. The van der Waals surface area contributed by atoms with Crippen molar-refractivity contribution in [3.8, 4) is 22.8 Å². The molecule has 0 bridgehead atoms. The van der Waals surface area contributed by atoms with E-state index in [0.29, 0.717) is 0 Å². The Hall–Kier alpha value is -2.77. The molecule has 0 saturated carbocycles. The molecule has 2 aromatic rings. The number of hydrogen-bond acceptors (Lipinski definition) is 4. The molecule has 1 aromatic carbocycles. The number of rotatable bonds is 4. The highest BCUT2D eigenvalue weighted by atomic mass is 19.4. The fraction of sp³-hybridized carbons (Fsp3) is 0.143. The van der Waals surface area contributed by atoms with Crippen LogP contribution in [0.5, 0.6) is 11.6 Å². The van der Waals surface area contributed by atoms with Gasteiger partial charge < -0.3 is 14.6 Å². The van der Waals surface area contributed by atoms with E-state index in [-0.39, 0.29) is 22.6 Å². The van der Waals surface area contributed by atoms with Crippen molar-refractivity contribution in [3.63, 3.8) is 0 Å². The van der Waals surface area contributed by atoms with E-state index in [0.717, 1.165) is 18.3 Å². The number of benzene rings is 1. The van der Waals surface area contributed by atoms with Gasteiger partial charge in [0.15, 0.2) is 0 Å². The number of ether oxygens (including phenoxy) is 2. The zero-order chi connectivity index (χ0) is 16.3. The second kappa shape index (κ2) is 5.92. The number of methoxy groups -OCH3 is 1. The van der Waals surface area contributed by atoms with Gasteiger partial charge >= 0.3 is 12.3 Å². The lowest BCUT2D eigenvalue weighted by Gasteiger charge is -2.14. The van der Waals surface area contributed by atoms with E-state index in [2.05, 4.69) is 9.72 Å². The summed E-state index contributed by atoms with van der Waals surface area (Å²) in [4.78, 5) is 15.1. The van der Waals surface area contributed by atoms with Crippen LogP contribution in [0.25, 0.3) is 11.1 Å². The van der Waals surface area contributed by atoms with E-state index in [1.807, 2.05) is 0 Å². The molecular weight excluding hydrogens is 303 g/mol. The summed E-state index contributed by atoms with van der Waals surface area (Å²) < 4.78 is 46.1. The van der Waals surface area contributed by atoms with E-state index in [9.17, 15) is 23.1 Å². The predicted octanol–water partition coefficient (Wildman–Crippen LogP) is 3.35. The fourth-order valence-electron chi connectivity index (χ4n) is 1.84. The van der Waals surface area contributed by atoms with Crippen LogP contribution < -0.4 is 9.47 Å². The molecule has 0 aliphatic heterocycles. The van der Waals surface area contributed by atoms with Gasteiger partial charge in [-0.25, -0.2) is 9.78 Å². The molecule has 0 fully saturated rings. The number of carbonyl (C=O) groups is 1. The van der Waals surface area contributed by atoms with Crippen LogP contribution in [-0.4, -0.2) is 29.5 Å². The lowest BCUT2D eigenvalue weighted by molar-refractivity contribution is -0.274. The molecule has 5 nitrogen and oxygen atoms in total. The molecule has 116 valence electrons. The summed E-state index contributed by atoms with van der Waals surface area (Å²) >= 11 is 0. The summed E-state index contributed by atoms with van der Waals surface area (Å²) in [5, 5.41) is 9.22. The first-order valence-electron chi connectivity index (χ1n) is 5.94. The Morgan fingerprint density at radius 1 is 1.23 bits per heavy atom. The number of para-hydroxylation sites is 1. The molecule has 0 amide bonds. The first kappa shape index (κ1) is 15.6. The van der Waals surface area contributed by atoms with Gasteiger partial charge in [-0.1, -0.05) is 18.2 Å². The van der Waals surface area contributed by atoms with Crippen molar-refractivity contribution in [2.45, 2.75) is 6.36 Å². The van der Waals surface area contributed by atoms with Crippen LogP contribution in [0.3, 0.4) is 0 Å². The Balaban J connectivity index is 2.59. The Bertz CT molecular complexity index is 701. The second-order valence-electron chi connectivity index (χ2n) is 4.12. The van der Waals surface area contributed by atoms with Gasteiger partial charge in [-0.2, -0.15) is 0 Å². The highest BCUT2D eigenvalue weighted by Crippen LogP contribution is 2.35. The number of carboxylic acids is 1. The SMILES string of the molecule is COc1cc(C(=O)O)c(-c2ccccc2OC(F)(F)F)cn1. The van der Waals surface area contributed by atoms with Crippen molar-refractivity contribution in [1.82, 2.24) is 4.98 Å². The van der Waals surface area contributed by atoms with Gasteiger partial charge in [0.05, 0.1) is 12.7 Å². The largest absolute Gasteiger partial charge is 0.573 e. The average Bonchev–Trinajstić information content (AvgIpc) is 2.45. The van der Waals surface area contributed by atoms with Gasteiger partial charge in [0.1, 0.15) is 5.75 Å². The zero-order valence-corrected chi connectivity index (χ0v) is 11.2. The monoisotopic (exact) mass is 313 g/mol. The molecule has 0 aliphatic rings. The van der Waals surface area contributed by atoms with Gasteiger partial charge in [0, 0.05) is 23.4 Å². The summed E-state index contributed by atoms with van der Waals surface area (Å²) in [7, 11) is 1.30. The molecule has 1 heterocycles. The van der Waals surface area contributed by atoms with Gasteiger partial charge in [-0.15, -0.1) is 13.2 Å². The van der Waals surface area contributed by atoms with Crippen LogP contribution in [0.2, 0.25) is 0 Å². The summed E-state index contributed by atoms with van der Waals surface area (Å²) in [5.74, 6) is -1.79. The number of carboxylic acid groups (broad SMARTS) is 1. The Morgan fingerprint density at radius 3 is 2.50 bits per heavy atom. The molecule has 0 saturated heterocycles. The van der Waals surface area contributed by atoms with Crippen molar-refractivity contribution in [2.75, 3.05) is 7.11 Å². The Morgan fingerprint density at radius 2 is 1.91 bits per heavy atom. The van der Waals surface area contributed by atoms with Crippen molar-refractivity contribution < 1.29 is 32.5 Å². The lowest BCUT2D eigenvalue weighted by Crippen LogP contribution is -2.17. The maximum atomic E-state index is 12.4. The first-order valence-corrected chi connectivity index (χ1v) is 5.94. The number of hydrogen-bond donors (Lipinski definition) is 1. The van der Waals surface area contributed by atoms with Crippen molar-refractivity contribution >= 4 is 5.97 Å². The highest BCUT2D eigenvalue weighted by Gasteiger charge is 2.32. The van der Waals surface area contributed by atoms with Crippen LogP contribution in [0.1, 0.15) is 10.4 Å². The molecule has 0 unspecified atom stereocenters. The van der Waals surface area contributed by atoms with Gasteiger partial charge in [0.2, 0.25) is 5.88 Å². The normalized spacial score (nSPS) is 11.1. The van der Waals surface area contributed by atoms with Gasteiger partial charge in [-0.3, -0.25) is 0 Å². The van der Waals surface area contributed by atoms with Crippen LogP contribution in [0, 0.1) is 0 Å². The molecular formula is C14H10F3NO4. The van der Waals surface area contributed by atoms with E-state index >= 15 is 0 Å². The van der Waals surface area contributed by atoms with Gasteiger partial charge in [0.25, 0.3) is 0 Å². The molecule has 0 atom stereocenters. The highest BCUT2D eigenvalue weighted by molar-refractivity contribution is 5.97. The number of nitrogens with zero attached hydrogens (tertiary/aromatic N) is 1. The van der Waals surface area contributed by atoms with E-state index in [1.165, 1.54) is 25.3 Å². The van der Waals surface area contributed by atoms with Crippen molar-refractivity contribution in [2.24, 2.45) is 0 Å². The van der Waals surface area contributed by atoms with Crippen LogP contribution in [0.4, 0.5) is 13.2 Å². The average molecular weight is 313 g/mol. The minimum absolute atomic E-state index is 0.00634. The Kier molecular flexibility index (Phi) is 4.20.